The first kappa shape index (κ1) is 13.9. The van der Waals surface area contributed by atoms with Gasteiger partial charge in [0.1, 0.15) is 5.41 Å². The number of hydrogen-bond acceptors (Lipinski definition) is 3. The Kier molecular flexibility index (Phi) is 3.27. The molecule has 1 amide bonds. The van der Waals surface area contributed by atoms with Crippen LogP contribution in [-0.4, -0.2) is 35.7 Å². The number of carbonyl (C=O) groups excluding carboxylic acids is 1. The van der Waals surface area contributed by atoms with Crippen LogP contribution in [0.3, 0.4) is 0 Å². The van der Waals surface area contributed by atoms with Crippen LogP contribution in [-0.2, 0) is 14.3 Å². The number of aliphatic carboxylic acids is 1. The molecular weight excluding hydrogens is 258 g/mol. The van der Waals surface area contributed by atoms with E-state index < -0.39 is 11.4 Å². The van der Waals surface area contributed by atoms with Crippen LogP contribution < -0.4 is 5.32 Å². The molecule has 2 atom stereocenters. The van der Waals surface area contributed by atoms with Gasteiger partial charge in [-0.3, -0.25) is 9.59 Å². The van der Waals surface area contributed by atoms with Crippen LogP contribution in [0.5, 0.6) is 0 Å². The number of carboxylic acid groups (broad SMARTS) is 1. The van der Waals surface area contributed by atoms with Gasteiger partial charge in [-0.15, -0.1) is 0 Å². The smallest absolute Gasteiger partial charge is 0.319 e. The fourth-order valence-electron chi connectivity index (χ4n) is 4.05. The van der Waals surface area contributed by atoms with Crippen molar-refractivity contribution < 1.29 is 19.4 Å². The minimum Gasteiger partial charge on any atom is -0.480 e. The van der Waals surface area contributed by atoms with Crippen molar-refractivity contribution in [3.8, 4) is 0 Å². The summed E-state index contributed by atoms with van der Waals surface area (Å²) in [6, 6.07) is 0.103. The summed E-state index contributed by atoms with van der Waals surface area (Å²) in [4.78, 5) is 23.5. The number of ether oxygens (including phenoxy) is 1. The van der Waals surface area contributed by atoms with Crippen molar-refractivity contribution in [2.45, 2.75) is 64.0 Å². The van der Waals surface area contributed by atoms with E-state index in [1.54, 1.807) is 0 Å². The summed E-state index contributed by atoms with van der Waals surface area (Å²) in [7, 11) is 0. The summed E-state index contributed by atoms with van der Waals surface area (Å²) in [6.45, 7) is 2.70. The lowest BCUT2D eigenvalue weighted by Gasteiger charge is -2.54. The first-order valence-corrected chi connectivity index (χ1v) is 7.71. The molecule has 0 saturated heterocycles. The maximum Gasteiger partial charge on any atom is 0.319 e. The Morgan fingerprint density at radius 3 is 2.40 bits per heavy atom. The zero-order valence-electron chi connectivity index (χ0n) is 12.0. The summed E-state index contributed by atoms with van der Waals surface area (Å²) < 4.78 is 5.81. The quantitative estimate of drug-likeness (QED) is 0.752. The molecular formula is C15H23NO4. The molecule has 0 heterocycles. The average molecular weight is 281 g/mol. The van der Waals surface area contributed by atoms with E-state index in [0.29, 0.717) is 19.4 Å². The van der Waals surface area contributed by atoms with Crippen LogP contribution in [0.1, 0.15) is 51.9 Å². The van der Waals surface area contributed by atoms with E-state index in [4.69, 9.17) is 4.74 Å². The van der Waals surface area contributed by atoms with Gasteiger partial charge in [-0.25, -0.2) is 0 Å². The van der Waals surface area contributed by atoms with E-state index >= 15 is 0 Å². The number of hydrogen-bond donors (Lipinski definition) is 2. The second-order valence-electron chi connectivity index (χ2n) is 6.53. The highest BCUT2D eigenvalue weighted by atomic mass is 16.5. The molecule has 1 spiro atoms. The van der Waals surface area contributed by atoms with Gasteiger partial charge in [0.2, 0.25) is 5.91 Å². The lowest BCUT2D eigenvalue weighted by Crippen LogP contribution is -2.64. The van der Waals surface area contributed by atoms with E-state index in [2.05, 4.69) is 5.32 Å². The molecule has 2 unspecified atom stereocenters. The van der Waals surface area contributed by atoms with Gasteiger partial charge < -0.3 is 15.2 Å². The number of carboxylic acids is 1. The molecule has 0 aromatic heterocycles. The van der Waals surface area contributed by atoms with Crippen LogP contribution in [0, 0.1) is 10.8 Å². The Labute approximate surface area is 119 Å². The highest BCUT2D eigenvalue weighted by molar-refractivity contribution is 6.05. The second kappa shape index (κ2) is 4.72. The van der Waals surface area contributed by atoms with Crippen LogP contribution >= 0.6 is 0 Å². The van der Waals surface area contributed by atoms with Crippen molar-refractivity contribution in [1.29, 1.82) is 0 Å². The van der Waals surface area contributed by atoms with Crippen LogP contribution in [0.15, 0.2) is 0 Å². The second-order valence-corrected chi connectivity index (χ2v) is 6.53. The SMILES string of the molecule is CCOC1CC(NC(=O)C2(C(=O)O)CC2)C12CCCC2. The predicted molar refractivity (Wildman–Crippen MR) is 72.2 cm³/mol. The lowest BCUT2D eigenvalue weighted by molar-refractivity contribution is -0.155. The largest absolute Gasteiger partial charge is 0.480 e. The van der Waals surface area contributed by atoms with Crippen molar-refractivity contribution in [3.05, 3.63) is 0 Å². The molecule has 112 valence electrons. The zero-order valence-corrected chi connectivity index (χ0v) is 12.0. The zero-order chi connectivity index (χ0) is 14.4. The molecule has 0 bridgehead atoms. The third-order valence-electron chi connectivity index (χ3n) is 5.59. The van der Waals surface area contributed by atoms with E-state index in [1.807, 2.05) is 6.92 Å². The molecule has 0 radical (unpaired) electrons. The Balaban J connectivity index is 1.66. The molecule has 0 aromatic rings. The highest BCUT2D eigenvalue weighted by Gasteiger charge is 2.61. The van der Waals surface area contributed by atoms with E-state index in [-0.39, 0.29) is 23.5 Å². The molecule has 0 aromatic carbocycles. The molecule has 20 heavy (non-hydrogen) atoms. The minimum absolute atomic E-state index is 0.0697. The van der Waals surface area contributed by atoms with E-state index in [9.17, 15) is 14.7 Å². The van der Waals surface area contributed by atoms with Crippen molar-refractivity contribution in [1.82, 2.24) is 5.32 Å². The molecule has 3 rings (SSSR count). The standard InChI is InChI=1S/C15H23NO4/c1-2-20-11-9-10(14(11)5-3-4-6-14)16-12(17)15(7-8-15)13(18)19/h10-11H,2-9H2,1H3,(H,16,17)(H,18,19). The average Bonchev–Trinajstić information content (AvgIpc) is 3.07. The van der Waals surface area contributed by atoms with Gasteiger partial charge in [0.15, 0.2) is 0 Å². The molecule has 5 nitrogen and oxygen atoms in total. The van der Waals surface area contributed by atoms with Gasteiger partial charge in [0.25, 0.3) is 0 Å². The van der Waals surface area contributed by atoms with Crippen molar-refractivity contribution in [3.63, 3.8) is 0 Å². The molecule has 0 aliphatic heterocycles. The van der Waals surface area contributed by atoms with Crippen LogP contribution in [0.4, 0.5) is 0 Å². The first-order chi connectivity index (χ1) is 9.55. The van der Waals surface area contributed by atoms with Gasteiger partial charge >= 0.3 is 5.97 Å². The molecule has 3 aliphatic rings. The summed E-state index contributed by atoms with van der Waals surface area (Å²) >= 11 is 0. The Morgan fingerprint density at radius 1 is 1.25 bits per heavy atom. The normalized spacial score (nSPS) is 32.6. The Morgan fingerprint density at radius 2 is 1.90 bits per heavy atom. The number of carbonyl (C=O) groups is 2. The fraction of sp³-hybridized carbons (Fsp3) is 0.867. The van der Waals surface area contributed by atoms with Gasteiger partial charge in [0, 0.05) is 18.1 Å². The molecule has 3 fully saturated rings. The maximum atomic E-state index is 12.2. The van der Waals surface area contributed by atoms with Gasteiger partial charge in [-0.2, -0.15) is 0 Å². The first-order valence-electron chi connectivity index (χ1n) is 7.71. The summed E-state index contributed by atoms with van der Waals surface area (Å²) in [5.74, 6) is -1.26. The Hall–Kier alpha value is -1.10. The number of rotatable bonds is 5. The fourth-order valence-corrected chi connectivity index (χ4v) is 4.05. The summed E-state index contributed by atoms with van der Waals surface area (Å²) in [5, 5.41) is 12.2. The third kappa shape index (κ3) is 1.86. The maximum absolute atomic E-state index is 12.2. The number of nitrogens with one attached hydrogen (secondary N) is 1. The van der Waals surface area contributed by atoms with E-state index in [1.165, 1.54) is 12.8 Å². The topological polar surface area (TPSA) is 75.6 Å². The Bertz CT molecular complexity index is 424. The van der Waals surface area contributed by atoms with E-state index in [0.717, 1.165) is 19.3 Å². The molecule has 3 aliphatic carbocycles. The van der Waals surface area contributed by atoms with Crippen molar-refractivity contribution >= 4 is 11.9 Å². The van der Waals surface area contributed by atoms with Gasteiger partial charge in [-0.05, 0) is 39.0 Å². The highest BCUT2D eigenvalue weighted by Crippen LogP contribution is 2.55. The van der Waals surface area contributed by atoms with Gasteiger partial charge in [0.05, 0.1) is 6.10 Å². The lowest BCUT2D eigenvalue weighted by atomic mass is 9.60. The van der Waals surface area contributed by atoms with Crippen molar-refractivity contribution in [2.24, 2.45) is 10.8 Å². The summed E-state index contributed by atoms with van der Waals surface area (Å²) in [6.07, 6.45) is 6.55. The molecule has 3 saturated carbocycles. The van der Waals surface area contributed by atoms with Gasteiger partial charge in [-0.1, -0.05) is 12.8 Å². The minimum atomic E-state index is -1.13. The monoisotopic (exact) mass is 281 g/mol. The van der Waals surface area contributed by atoms with Crippen LogP contribution in [0.25, 0.3) is 0 Å². The number of amides is 1. The third-order valence-corrected chi connectivity index (χ3v) is 5.59. The van der Waals surface area contributed by atoms with Crippen molar-refractivity contribution in [2.75, 3.05) is 6.61 Å². The molecule has 5 heteroatoms. The molecule has 2 N–H and O–H groups in total. The van der Waals surface area contributed by atoms with Crippen LogP contribution in [0.2, 0.25) is 0 Å². The summed E-state index contributed by atoms with van der Waals surface area (Å²) in [5.41, 5.74) is -1.06. The predicted octanol–water partition coefficient (Wildman–Crippen LogP) is 1.71.